The Hall–Kier alpha value is -3.10. The molecule has 3 aromatic rings. The van der Waals surface area contributed by atoms with Gasteiger partial charge in [0.15, 0.2) is 0 Å². The monoisotopic (exact) mass is 468 g/mol. The second-order valence-corrected chi connectivity index (χ2v) is 8.98. The number of esters is 1. The molecule has 8 heteroatoms. The molecule has 0 aliphatic rings. The summed E-state index contributed by atoms with van der Waals surface area (Å²) in [5.74, 6) is -0.675. The average Bonchev–Trinajstić information content (AvgIpc) is 3.33. The molecule has 1 unspecified atom stereocenters. The lowest BCUT2D eigenvalue weighted by atomic mass is 10.2. The van der Waals surface area contributed by atoms with Gasteiger partial charge in [0, 0.05) is 16.3 Å². The van der Waals surface area contributed by atoms with Crippen LogP contribution in [0.25, 0.3) is 0 Å². The van der Waals surface area contributed by atoms with E-state index in [-0.39, 0.29) is 17.1 Å². The maximum Gasteiger partial charge on any atom is 0.338 e. The van der Waals surface area contributed by atoms with Crippen molar-refractivity contribution in [2.45, 2.75) is 30.4 Å². The summed E-state index contributed by atoms with van der Waals surface area (Å²) >= 11 is 2.82. The van der Waals surface area contributed by atoms with E-state index in [1.165, 1.54) is 23.1 Å². The predicted molar refractivity (Wildman–Crippen MR) is 130 cm³/mol. The highest BCUT2D eigenvalue weighted by atomic mass is 32.2. The summed E-state index contributed by atoms with van der Waals surface area (Å²) in [4.78, 5) is 38.4. The molecule has 0 aliphatic heterocycles. The van der Waals surface area contributed by atoms with Gasteiger partial charge in [0.2, 0.25) is 5.91 Å². The molecule has 0 fully saturated rings. The molecule has 2 amide bonds. The van der Waals surface area contributed by atoms with Crippen LogP contribution in [0.1, 0.15) is 40.3 Å². The number of thiophene rings is 1. The first kappa shape index (κ1) is 23.6. The van der Waals surface area contributed by atoms with Crippen LogP contribution in [-0.4, -0.2) is 29.6 Å². The molecular formula is C24H24N2O4S2. The molecule has 1 heterocycles. The molecule has 1 aromatic heterocycles. The second kappa shape index (κ2) is 11.5. The van der Waals surface area contributed by atoms with Crippen molar-refractivity contribution in [3.63, 3.8) is 0 Å². The Morgan fingerprint density at radius 1 is 0.969 bits per heavy atom. The van der Waals surface area contributed by atoms with Crippen LogP contribution in [0.4, 0.5) is 11.4 Å². The molecule has 6 nitrogen and oxygen atoms in total. The molecule has 32 heavy (non-hydrogen) atoms. The molecular weight excluding hydrogens is 444 g/mol. The summed E-state index contributed by atoms with van der Waals surface area (Å²) in [6.07, 6.45) is 0.628. The predicted octanol–water partition coefficient (Wildman–Crippen LogP) is 5.69. The van der Waals surface area contributed by atoms with Crippen molar-refractivity contribution < 1.29 is 19.1 Å². The van der Waals surface area contributed by atoms with Gasteiger partial charge in [0.25, 0.3) is 5.91 Å². The number of anilines is 2. The zero-order valence-corrected chi connectivity index (χ0v) is 19.4. The smallest absolute Gasteiger partial charge is 0.338 e. The Bertz CT molecular complexity index is 1070. The van der Waals surface area contributed by atoms with E-state index in [1.54, 1.807) is 37.3 Å². The Morgan fingerprint density at radius 3 is 2.41 bits per heavy atom. The van der Waals surface area contributed by atoms with Crippen LogP contribution in [-0.2, 0) is 9.53 Å². The van der Waals surface area contributed by atoms with Crippen molar-refractivity contribution in [1.82, 2.24) is 0 Å². The lowest BCUT2D eigenvalue weighted by Crippen LogP contribution is -2.24. The highest BCUT2D eigenvalue weighted by molar-refractivity contribution is 8.00. The van der Waals surface area contributed by atoms with Gasteiger partial charge < -0.3 is 15.4 Å². The Balaban J connectivity index is 1.61. The fourth-order valence-electron chi connectivity index (χ4n) is 2.86. The maximum atomic E-state index is 12.8. The highest BCUT2D eigenvalue weighted by Crippen LogP contribution is 2.29. The summed E-state index contributed by atoms with van der Waals surface area (Å²) < 4.78 is 4.97. The number of carbonyl (C=O) groups excluding carboxylic acids is 3. The van der Waals surface area contributed by atoms with Crippen molar-refractivity contribution in [2.24, 2.45) is 0 Å². The minimum atomic E-state index is -0.390. The largest absolute Gasteiger partial charge is 0.462 e. The van der Waals surface area contributed by atoms with E-state index in [4.69, 9.17) is 4.74 Å². The fourth-order valence-corrected chi connectivity index (χ4v) is 4.49. The summed E-state index contributed by atoms with van der Waals surface area (Å²) in [5.41, 5.74) is 1.73. The Morgan fingerprint density at radius 2 is 1.75 bits per heavy atom. The van der Waals surface area contributed by atoms with Gasteiger partial charge in [-0.05, 0) is 67.3 Å². The van der Waals surface area contributed by atoms with Gasteiger partial charge in [-0.15, -0.1) is 23.1 Å². The van der Waals surface area contributed by atoms with Crippen LogP contribution in [0.5, 0.6) is 0 Å². The van der Waals surface area contributed by atoms with Crippen LogP contribution in [0, 0.1) is 0 Å². The number of hydrogen-bond donors (Lipinski definition) is 2. The number of ether oxygens (including phenoxy) is 1. The Kier molecular flexibility index (Phi) is 8.47. The third-order valence-corrected chi connectivity index (χ3v) is 6.67. The molecule has 0 saturated carbocycles. The van der Waals surface area contributed by atoms with Gasteiger partial charge in [-0.2, -0.15) is 0 Å². The molecule has 0 aliphatic carbocycles. The third kappa shape index (κ3) is 6.45. The maximum absolute atomic E-state index is 12.8. The van der Waals surface area contributed by atoms with Crippen molar-refractivity contribution >= 4 is 52.3 Å². The van der Waals surface area contributed by atoms with Gasteiger partial charge in [-0.3, -0.25) is 9.59 Å². The van der Waals surface area contributed by atoms with E-state index >= 15 is 0 Å². The van der Waals surface area contributed by atoms with Crippen molar-refractivity contribution in [3.05, 3.63) is 76.5 Å². The number of thioether (sulfide) groups is 1. The first-order valence-electron chi connectivity index (χ1n) is 10.2. The zero-order valence-electron chi connectivity index (χ0n) is 17.8. The normalized spacial score (nSPS) is 11.4. The lowest BCUT2D eigenvalue weighted by molar-refractivity contribution is -0.115. The first-order valence-corrected chi connectivity index (χ1v) is 12.0. The van der Waals surface area contributed by atoms with Crippen LogP contribution >= 0.6 is 23.1 Å². The zero-order chi connectivity index (χ0) is 22.9. The second-order valence-electron chi connectivity index (χ2n) is 6.76. The molecule has 1 atom stereocenters. The lowest BCUT2D eigenvalue weighted by Gasteiger charge is -2.15. The molecule has 2 aromatic carbocycles. The van der Waals surface area contributed by atoms with Gasteiger partial charge in [-0.1, -0.05) is 19.1 Å². The first-order chi connectivity index (χ1) is 15.5. The quantitative estimate of drug-likeness (QED) is 0.311. The number of benzene rings is 2. The number of rotatable bonds is 9. The van der Waals surface area contributed by atoms with Gasteiger partial charge in [0.05, 0.1) is 22.3 Å². The van der Waals surface area contributed by atoms with E-state index in [0.717, 1.165) is 4.90 Å². The summed E-state index contributed by atoms with van der Waals surface area (Å²) in [5, 5.41) is 7.33. The van der Waals surface area contributed by atoms with Gasteiger partial charge in [0.1, 0.15) is 0 Å². The fraction of sp³-hybridized carbons (Fsp3) is 0.208. The van der Waals surface area contributed by atoms with Crippen LogP contribution in [0.2, 0.25) is 0 Å². The average molecular weight is 469 g/mol. The van der Waals surface area contributed by atoms with Gasteiger partial charge >= 0.3 is 5.97 Å². The topological polar surface area (TPSA) is 84.5 Å². The van der Waals surface area contributed by atoms with Crippen LogP contribution in [0.15, 0.2) is 70.9 Å². The van der Waals surface area contributed by atoms with E-state index in [0.29, 0.717) is 34.8 Å². The third-order valence-electron chi connectivity index (χ3n) is 4.44. The molecule has 166 valence electrons. The molecule has 2 N–H and O–H groups in total. The standard InChI is InChI=1S/C24H24N2O4S2/c1-3-20(22(27)25-17-12-10-16(11-13-17)24(29)30-4-2)32-19-8-5-7-18(15-19)26-23(28)21-9-6-14-31-21/h5-15,20H,3-4H2,1-2H3,(H,25,27)(H,26,28). The molecule has 0 bridgehead atoms. The number of amides is 2. The van der Waals surface area contributed by atoms with Crippen molar-refractivity contribution in [3.8, 4) is 0 Å². The minimum Gasteiger partial charge on any atom is -0.462 e. The highest BCUT2D eigenvalue weighted by Gasteiger charge is 2.19. The number of nitrogens with one attached hydrogen (secondary N) is 2. The summed E-state index contributed by atoms with van der Waals surface area (Å²) in [7, 11) is 0. The van der Waals surface area contributed by atoms with Crippen LogP contribution < -0.4 is 10.6 Å². The number of hydrogen-bond acceptors (Lipinski definition) is 6. The van der Waals surface area contributed by atoms with E-state index in [9.17, 15) is 14.4 Å². The molecule has 3 rings (SSSR count). The Labute approximate surface area is 195 Å². The van der Waals surface area contributed by atoms with E-state index in [2.05, 4.69) is 10.6 Å². The van der Waals surface area contributed by atoms with Crippen molar-refractivity contribution in [1.29, 1.82) is 0 Å². The van der Waals surface area contributed by atoms with E-state index in [1.807, 2.05) is 42.6 Å². The SMILES string of the molecule is CCOC(=O)c1ccc(NC(=O)C(CC)Sc2cccc(NC(=O)c3cccs3)c2)cc1. The molecule has 0 saturated heterocycles. The molecule has 0 spiro atoms. The summed E-state index contributed by atoms with van der Waals surface area (Å²) in [6, 6.07) is 17.7. The minimum absolute atomic E-state index is 0.130. The van der Waals surface area contributed by atoms with E-state index < -0.39 is 5.97 Å². The van der Waals surface area contributed by atoms with Crippen molar-refractivity contribution in [2.75, 3.05) is 17.2 Å². The summed E-state index contributed by atoms with van der Waals surface area (Å²) in [6.45, 7) is 4.01. The van der Waals surface area contributed by atoms with Crippen LogP contribution in [0.3, 0.4) is 0 Å². The van der Waals surface area contributed by atoms with Gasteiger partial charge in [-0.25, -0.2) is 4.79 Å². The number of carbonyl (C=O) groups is 3. The molecule has 0 radical (unpaired) electrons.